The zero-order valence-corrected chi connectivity index (χ0v) is 20.5. The quantitative estimate of drug-likeness (QED) is 0.236. The Balaban J connectivity index is 1.63. The number of thiocarbonyl (C=S) groups is 1. The molecule has 9 nitrogen and oxygen atoms in total. The maximum absolute atomic E-state index is 13.1. The smallest absolute Gasteiger partial charge is 0.311 e. The Labute approximate surface area is 209 Å². The van der Waals surface area contributed by atoms with E-state index in [0.717, 1.165) is 17.3 Å². The van der Waals surface area contributed by atoms with Gasteiger partial charge in [-0.3, -0.25) is 30.2 Å². The molecule has 3 aromatic rings. The Bertz CT molecular complexity index is 1140. The minimum Gasteiger partial charge on any atom is -0.466 e. The molecule has 0 saturated carbocycles. The molecule has 2 amide bonds. The van der Waals surface area contributed by atoms with Gasteiger partial charge in [-0.2, -0.15) is 0 Å². The summed E-state index contributed by atoms with van der Waals surface area (Å²) < 4.78 is 5.13. The summed E-state index contributed by atoms with van der Waals surface area (Å²) in [6, 6.07) is 12.2. The first-order valence-corrected chi connectivity index (χ1v) is 12.3. The summed E-state index contributed by atoms with van der Waals surface area (Å²) in [5.41, 5.74) is 6.82. The number of anilines is 1. The van der Waals surface area contributed by atoms with Crippen molar-refractivity contribution in [3.63, 3.8) is 0 Å². The van der Waals surface area contributed by atoms with Crippen molar-refractivity contribution < 1.29 is 19.1 Å². The van der Waals surface area contributed by atoms with Crippen LogP contribution in [0.5, 0.6) is 0 Å². The number of aromatic nitrogens is 2. The van der Waals surface area contributed by atoms with Gasteiger partial charge in [0.15, 0.2) is 9.45 Å². The number of carbonyl (C=O) groups excluding carboxylic acids is 3. The number of nitrogens with one attached hydrogen (secondary N) is 3. The van der Waals surface area contributed by atoms with Gasteiger partial charge in [-0.25, -0.2) is 4.98 Å². The summed E-state index contributed by atoms with van der Waals surface area (Å²) in [7, 11) is 0. The second-order valence-corrected chi connectivity index (χ2v) is 9.27. The molecule has 2 heterocycles. The second kappa shape index (κ2) is 12.8. The van der Waals surface area contributed by atoms with Crippen LogP contribution in [0.1, 0.15) is 33.8 Å². The predicted octanol–water partition coefficient (Wildman–Crippen LogP) is 3.28. The lowest BCUT2D eigenvalue weighted by Crippen LogP contribution is -2.40. The molecule has 3 N–H and O–H groups in total. The molecule has 1 unspecified atom stereocenters. The fourth-order valence-corrected chi connectivity index (χ4v) is 4.53. The largest absolute Gasteiger partial charge is 0.466 e. The standard InChI is InChI=1S/C22H21N5O4S3/c1-2-31-17(28)12-16-13-33-21(24-16)25-20(30)18(14-6-4-3-5-7-14)34-22(32)27-26-19(29)15-8-10-23-11-9-15/h3-11,13,18H,2,12H2,1H3,(H,26,29)(H,27,32)(H,24,25,30). The van der Waals surface area contributed by atoms with Crippen LogP contribution in [0.4, 0.5) is 5.13 Å². The van der Waals surface area contributed by atoms with E-state index in [0.29, 0.717) is 23.0 Å². The number of ether oxygens (including phenoxy) is 1. The zero-order chi connectivity index (χ0) is 24.3. The van der Waals surface area contributed by atoms with Crippen LogP contribution in [0.25, 0.3) is 0 Å². The molecule has 0 spiro atoms. The average Bonchev–Trinajstić information content (AvgIpc) is 3.28. The Hall–Kier alpha value is -3.35. The van der Waals surface area contributed by atoms with Gasteiger partial charge in [0, 0.05) is 23.3 Å². The Morgan fingerprint density at radius 2 is 1.85 bits per heavy atom. The third-order valence-corrected chi connectivity index (χ3v) is 6.43. The molecule has 0 aliphatic rings. The summed E-state index contributed by atoms with van der Waals surface area (Å²) >= 11 is 7.62. The number of thiazole rings is 1. The monoisotopic (exact) mass is 515 g/mol. The van der Waals surface area contributed by atoms with Gasteiger partial charge in [0.1, 0.15) is 5.25 Å². The number of amides is 2. The fourth-order valence-electron chi connectivity index (χ4n) is 2.70. The third kappa shape index (κ3) is 7.61. The number of benzene rings is 1. The molecule has 34 heavy (non-hydrogen) atoms. The zero-order valence-electron chi connectivity index (χ0n) is 18.0. The summed E-state index contributed by atoms with van der Waals surface area (Å²) in [4.78, 5) is 45.1. The third-order valence-electron chi connectivity index (χ3n) is 4.20. The van der Waals surface area contributed by atoms with Crippen molar-refractivity contribution in [1.29, 1.82) is 0 Å². The van der Waals surface area contributed by atoms with Gasteiger partial charge in [-0.1, -0.05) is 54.3 Å². The molecule has 12 heteroatoms. The minimum absolute atomic E-state index is 0.0300. The molecule has 0 fully saturated rings. The van der Waals surface area contributed by atoms with E-state index >= 15 is 0 Å². The summed E-state index contributed by atoms with van der Waals surface area (Å²) in [5.74, 6) is -1.12. The van der Waals surface area contributed by atoms with Crippen molar-refractivity contribution >= 4 is 62.6 Å². The number of hydrogen-bond acceptors (Lipinski definition) is 9. The molecule has 1 atom stereocenters. The van der Waals surface area contributed by atoms with Crippen molar-refractivity contribution in [2.75, 3.05) is 11.9 Å². The van der Waals surface area contributed by atoms with E-state index in [4.69, 9.17) is 17.0 Å². The van der Waals surface area contributed by atoms with Gasteiger partial charge >= 0.3 is 5.97 Å². The molecule has 3 rings (SSSR count). The number of hydrogen-bond donors (Lipinski definition) is 3. The maximum Gasteiger partial charge on any atom is 0.311 e. The van der Waals surface area contributed by atoms with Crippen LogP contribution in [-0.2, 0) is 20.7 Å². The van der Waals surface area contributed by atoms with E-state index in [1.807, 2.05) is 30.3 Å². The number of pyridine rings is 1. The summed E-state index contributed by atoms with van der Waals surface area (Å²) in [5, 5.41) is 4.11. The molecule has 176 valence electrons. The first-order chi connectivity index (χ1) is 16.5. The van der Waals surface area contributed by atoms with Crippen molar-refractivity contribution in [2.45, 2.75) is 18.6 Å². The van der Waals surface area contributed by atoms with Gasteiger partial charge in [0.25, 0.3) is 5.91 Å². The van der Waals surface area contributed by atoms with Crippen molar-refractivity contribution in [3.8, 4) is 0 Å². The molecule has 1 aromatic carbocycles. The van der Waals surface area contributed by atoms with Gasteiger partial charge in [0.05, 0.1) is 18.7 Å². The fraction of sp³-hybridized carbons (Fsp3) is 0.182. The maximum atomic E-state index is 13.1. The van der Waals surface area contributed by atoms with Crippen LogP contribution >= 0.6 is 35.3 Å². The van der Waals surface area contributed by atoms with E-state index < -0.39 is 5.25 Å². The highest BCUT2D eigenvalue weighted by Crippen LogP contribution is 2.31. The van der Waals surface area contributed by atoms with Crippen molar-refractivity contribution in [2.24, 2.45) is 0 Å². The Morgan fingerprint density at radius 3 is 2.56 bits per heavy atom. The highest BCUT2D eigenvalue weighted by molar-refractivity contribution is 8.23. The molecule has 0 aliphatic heterocycles. The van der Waals surface area contributed by atoms with Crippen LogP contribution in [0.15, 0.2) is 60.2 Å². The molecule has 0 aliphatic carbocycles. The van der Waals surface area contributed by atoms with Gasteiger partial charge < -0.3 is 10.1 Å². The molecular formula is C22H21N5O4S3. The van der Waals surface area contributed by atoms with Crippen LogP contribution in [-0.4, -0.2) is 38.7 Å². The molecular weight excluding hydrogens is 494 g/mol. The number of thioether (sulfide) groups is 1. The number of esters is 1. The lowest BCUT2D eigenvalue weighted by atomic mass is 10.1. The van der Waals surface area contributed by atoms with Gasteiger partial charge in [-0.15, -0.1) is 11.3 Å². The van der Waals surface area contributed by atoms with E-state index in [2.05, 4.69) is 26.1 Å². The average molecular weight is 516 g/mol. The van der Waals surface area contributed by atoms with Gasteiger partial charge in [-0.05, 0) is 24.6 Å². The van der Waals surface area contributed by atoms with Crippen molar-refractivity contribution in [3.05, 3.63) is 77.1 Å². The lowest BCUT2D eigenvalue weighted by Gasteiger charge is -2.17. The summed E-state index contributed by atoms with van der Waals surface area (Å²) in [6.45, 7) is 2.02. The van der Waals surface area contributed by atoms with E-state index in [-0.39, 0.29) is 28.5 Å². The van der Waals surface area contributed by atoms with Crippen LogP contribution in [0, 0.1) is 0 Å². The number of hydrazine groups is 1. The number of nitrogens with zero attached hydrogens (tertiary/aromatic N) is 2. The number of carbonyl (C=O) groups is 3. The molecule has 2 aromatic heterocycles. The normalized spacial score (nSPS) is 11.2. The Kier molecular flexibility index (Phi) is 9.50. The van der Waals surface area contributed by atoms with E-state index in [1.165, 1.54) is 23.7 Å². The van der Waals surface area contributed by atoms with E-state index in [1.54, 1.807) is 24.4 Å². The first-order valence-electron chi connectivity index (χ1n) is 10.1. The Morgan fingerprint density at radius 1 is 1.12 bits per heavy atom. The SMILES string of the molecule is CCOC(=O)Cc1csc(NC(=O)C(SC(=S)NNC(=O)c2ccncc2)c2ccccc2)n1. The number of rotatable bonds is 8. The first kappa shape index (κ1) is 25.3. The molecule has 0 radical (unpaired) electrons. The summed E-state index contributed by atoms with van der Waals surface area (Å²) in [6.07, 6.45) is 3.05. The topological polar surface area (TPSA) is 122 Å². The molecule has 0 bridgehead atoms. The van der Waals surface area contributed by atoms with Gasteiger partial charge in [0.2, 0.25) is 5.91 Å². The highest BCUT2D eigenvalue weighted by Gasteiger charge is 2.24. The second-order valence-electron chi connectivity index (χ2n) is 6.63. The lowest BCUT2D eigenvalue weighted by molar-refractivity contribution is -0.142. The highest BCUT2D eigenvalue weighted by atomic mass is 32.2. The minimum atomic E-state index is -0.712. The van der Waals surface area contributed by atoms with Crippen LogP contribution in [0.3, 0.4) is 0 Å². The van der Waals surface area contributed by atoms with Crippen LogP contribution in [0.2, 0.25) is 0 Å². The predicted molar refractivity (Wildman–Crippen MR) is 135 cm³/mol. The van der Waals surface area contributed by atoms with Crippen molar-refractivity contribution in [1.82, 2.24) is 20.8 Å². The molecule has 0 saturated heterocycles. The van der Waals surface area contributed by atoms with Crippen LogP contribution < -0.4 is 16.2 Å². The van der Waals surface area contributed by atoms with E-state index in [9.17, 15) is 14.4 Å².